The van der Waals surface area contributed by atoms with Gasteiger partial charge < -0.3 is 0 Å². The summed E-state index contributed by atoms with van der Waals surface area (Å²) in [5.74, 6) is 0.551. The largest absolute Gasteiger partial charge is 0.143 e. The first-order chi connectivity index (χ1) is 5.11. The fourth-order valence-electron chi connectivity index (χ4n) is 1.01. The van der Waals surface area contributed by atoms with E-state index in [1.165, 1.54) is 5.56 Å². The van der Waals surface area contributed by atoms with Crippen LogP contribution in [0.25, 0.3) is 0 Å². The van der Waals surface area contributed by atoms with E-state index < -0.39 is 0 Å². The highest BCUT2D eigenvalue weighted by atomic mass is 79.9. The first-order valence-electron chi connectivity index (χ1n) is 3.59. The summed E-state index contributed by atoms with van der Waals surface area (Å²) in [5, 5.41) is 0. The molecule has 1 rings (SSSR count). The Morgan fingerprint density at radius 2 is 2.00 bits per heavy atom. The molecule has 0 unspecified atom stereocenters. The van der Waals surface area contributed by atoms with Crippen molar-refractivity contribution in [1.82, 2.24) is 0 Å². The summed E-state index contributed by atoms with van der Waals surface area (Å²) in [6.45, 7) is 4.34. The molecule has 0 saturated carbocycles. The fourth-order valence-corrected chi connectivity index (χ4v) is 2.01. The van der Waals surface area contributed by atoms with Gasteiger partial charge in [-0.3, -0.25) is 0 Å². The molecular weight excluding hydrogens is 220 g/mol. The summed E-state index contributed by atoms with van der Waals surface area (Å²) in [4.78, 5) is 1.06. The van der Waals surface area contributed by atoms with E-state index in [1.807, 2.05) is 6.07 Å². The molecule has 0 fully saturated rings. The molecule has 1 aromatic carbocycles. The van der Waals surface area contributed by atoms with Crippen LogP contribution in [0.15, 0.2) is 27.6 Å². The second-order valence-corrected chi connectivity index (χ2v) is 4.26. The molecule has 0 heterocycles. The van der Waals surface area contributed by atoms with Crippen LogP contribution >= 0.6 is 28.6 Å². The summed E-state index contributed by atoms with van der Waals surface area (Å²) in [5.41, 5.74) is 1.30. The molecule has 0 aromatic heterocycles. The quantitative estimate of drug-likeness (QED) is 0.697. The van der Waals surface area contributed by atoms with Crippen molar-refractivity contribution in [2.24, 2.45) is 0 Å². The molecule has 0 bridgehead atoms. The highest BCUT2D eigenvalue weighted by Crippen LogP contribution is 2.25. The van der Waals surface area contributed by atoms with E-state index >= 15 is 0 Å². The fraction of sp³-hybridized carbons (Fsp3) is 0.333. The molecule has 60 valence electrons. The zero-order chi connectivity index (χ0) is 8.43. The Labute approximate surface area is 81.5 Å². The van der Waals surface area contributed by atoms with Crippen LogP contribution in [-0.4, -0.2) is 0 Å². The number of thiol groups is 1. The number of rotatable bonds is 1. The second kappa shape index (κ2) is 3.63. The van der Waals surface area contributed by atoms with E-state index in [-0.39, 0.29) is 0 Å². The number of benzene rings is 1. The molecular formula is C9H11BrS. The molecule has 0 spiro atoms. The topological polar surface area (TPSA) is 0 Å². The summed E-state index contributed by atoms with van der Waals surface area (Å²) >= 11 is 7.77. The van der Waals surface area contributed by atoms with Crippen molar-refractivity contribution in [1.29, 1.82) is 0 Å². The van der Waals surface area contributed by atoms with E-state index in [2.05, 4.69) is 54.5 Å². The number of halogens is 1. The number of hydrogen-bond acceptors (Lipinski definition) is 1. The maximum atomic E-state index is 4.38. The van der Waals surface area contributed by atoms with Crippen molar-refractivity contribution < 1.29 is 0 Å². The predicted molar refractivity (Wildman–Crippen MR) is 55.5 cm³/mol. The van der Waals surface area contributed by atoms with Crippen LogP contribution in [0.1, 0.15) is 25.3 Å². The average Bonchev–Trinajstić information content (AvgIpc) is 1.85. The highest BCUT2D eigenvalue weighted by Gasteiger charge is 2.02. The van der Waals surface area contributed by atoms with E-state index in [0.29, 0.717) is 5.92 Å². The molecule has 0 atom stereocenters. The van der Waals surface area contributed by atoms with E-state index in [4.69, 9.17) is 0 Å². The van der Waals surface area contributed by atoms with Crippen LogP contribution in [-0.2, 0) is 0 Å². The minimum absolute atomic E-state index is 0.551. The van der Waals surface area contributed by atoms with Crippen LogP contribution in [0.5, 0.6) is 0 Å². The molecule has 0 aliphatic rings. The third-order valence-electron chi connectivity index (χ3n) is 1.61. The van der Waals surface area contributed by atoms with Gasteiger partial charge in [0, 0.05) is 9.37 Å². The van der Waals surface area contributed by atoms with Crippen LogP contribution in [0.4, 0.5) is 0 Å². The van der Waals surface area contributed by atoms with E-state index in [0.717, 1.165) is 9.37 Å². The monoisotopic (exact) mass is 230 g/mol. The van der Waals surface area contributed by atoms with Crippen molar-refractivity contribution in [3.8, 4) is 0 Å². The third kappa shape index (κ3) is 2.24. The van der Waals surface area contributed by atoms with Crippen LogP contribution in [0, 0.1) is 0 Å². The first kappa shape index (κ1) is 9.14. The lowest BCUT2D eigenvalue weighted by molar-refractivity contribution is 0.842. The van der Waals surface area contributed by atoms with Crippen molar-refractivity contribution in [2.75, 3.05) is 0 Å². The molecule has 0 aliphatic heterocycles. The zero-order valence-electron chi connectivity index (χ0n) is 6.63. The van der Waals surface area contributed by atoms with Crippen molar-refractivity contribution in [3.63, 3.8) is 0 Å². The standard InChI is InChI=1S/C9H11BrS/c1-6(2)8-4-3-7(10)5-9(8)11/h3-6,11H,1-2H3. The lowest BCUT2D eigenvalue weighted by atomic mass is 10.0. The molecule has 0 radical (unpaired) electrons. The Balaban J connectivity index is 3.09. The molecule has 0 saturated heterocycles. The number of hydrogen-bond donors (Lipinski definition) is 1. The third-order valence-corrected chi connectivity index (χ3v) is 2.50. The van der Waals surface area contributed by atoms with Gasteiger partial charge in [-0.25, -0.2) is 0 Å². The molecule has 0 nitrogen and oxygen atoms in total. The second-order valence-electron chi connectivity index (χ2n) is 2.86. The first-order valence-corrected chi connectivity index (χ1v) is 4.83. The zero-order valence-corrected chi connectivity index (χ0v) is 9.12. The molecule has 11 heavy (non-hydrogen) atoms. The van der Waals surface area contributed by atoms with Gasteiger partial charge in [-0.05, 0) is 23.6 Å². The van der Waals surface area contributed by atoms with Gasteiger partial charge in [-0.1, -0.05) is 35.8 Å². The minimum Gasteiger partial charge on any atom is -0.143 e. The molecule has 0 amide bonds. The maximum absolute atomic E-state index is 4.38. The smallest absolute Gasteiger partial charge is 0.0186 e. The Morgan fingerprint density at radius 1 is 1.36 bits per heavy atom. The summed E-state index contributed by atoms with van der Waals surface area (Å²) in [6.07, 6.45) is 0. The van der Waals surface area contributed by atoms with Gasteiger partial charge in [0.15, 0.2) is 0 Å². The van der Waals surface area contributed by atoms with Gasteiger partial charge in [-0.15, -0.1) is 12.6 Å². The van der Waals surface area contributed by atoms with Gasteiger partial charge in [0.1, 0.15) is 0 Å². The van der Waals surface area contributed by atoms with Gasteiger partial charge >= 0.3 is 0 Å². The Morgan fingerprint density at radius 3 is 2.45 bits per heavy atom. The van der Waals surface area contributed by atoms with Gasteiger partial charge in [-0.2, -0.15) is 0 Å². The van der Waals surface area contributed by atoms with Gasteiger partial charge in [0.25, 0.3) is 0 Å². The average molecular weight is 231 g/mol. The minimum atomic E-state index is 0.551. The lowest BCUT2D eigenvalue weighted by Gasteiger charge is -2.08. The molecule has 1 aromatic rings. The Bertz CT molecular complexity index is 256. The molecule has 2 heteroatoms. The summed E-state index contributed by atoms with van der Waals surface area (Å²) < 4.78 is 1.09. The summed E-state index contributed by atoms with van der Waals surface area (Å²) in [7, 11) is 0. The Kier molecular flexibility index (Phi) is 3.02. The van der Waals surface area contributed by atoms with E-state index in [9.17, 15) is 0 Å². The molecule has 0 aliphatic carbocycles. The Hall–Kier alpha value is 0.0500. The van der Waals surface area contributed by atoms with Gasteiger partial charge in [0.05, 0.1) is 0 Å². The van der Waals surface area contributed by atoms with Crippen LogP contribution < -0.4 is 0 Å². The van der Waals surface area contributed by atoms with Crippen LogP contribution in [0.3, 0.4) is 0 Å². The van der Waals surface area contributed by atoms with Gasteiger partial charge in [0.2, 0.25) is 0 Å². The highest BCUT2D eigenvalue weighted by molar-refractivity contribution is 9.10. The van der Waals surface area contributed by atoms with Crippen molar-refractivity contribution in [2.45, 2.75) is 24.7 Å². The summed E-state index contributed by atoms with van der Waals surface area (Å²) in [6, 6.07) is 6.19. The SMILES string of the molecule is CC(C)c1ccc(Br)cc1S. The van der Waals surface area contributed by atoms with Crippen molar-refractivity contribution >= 4 is 28.6 Å². The normalized spacial score (nSPS) is 10.6. The predicted octanol–water partition coefficient (Wildman–Crippen LogP) is 3.86. The maximum Gasteiger partial charge on any atom is 0.0186 e. The van der Waals surface area contributed by atoms with E-state index in [1.54, 1.807) is 0 Å². The van der Waals surface area contributed by atoms with Crippen molar-refractivity contribution in [3.05, 3.63) is 28.2 Å². The van der Waals surface area contributed by atoms with Crippen LogP contribution in [0.2, 0.25) is 0 Å². The molecule has 0 N–H and O–H groups in total. The lowest BCUT2D eigenvalue weighted by Crippen LogP contribution is -1.88.